The largest absolute Gasteiger partial charge is 0.370 e. The fourth-order valence-electron chi connectivity index (χ4n) is 3.07. The van der Waals surface area contributed by atoms with E-state index in [2.05, 4.69) is 27.4 Å². The van der Waals surface area contributed by atoms with Crippen LogP contribution in [0.15, 0.2) is 76.4 Å². The number of allylic oxidation sites excluding steroid dienone is 2. The summed E-state index contributed by atoms with van der Waals surface area (Å²) < 4.78 is 0. The summed E-state index contributed by atoms with van der Waals surface area (Å²) in [7, 11) is 0. The van der Waals surface area contributed by atoms with Gasteiger partial charge in [0.2, 0.25) is 5.96 Å². The van der Waals surface area contributed by atoms with Gasteiger partial charge in [-0.05, 0) is 30.0 Å². The van der Waals surface area contributed by atoms with Crippen molar-refractivity contribution >= 4 is 29.1 Å². The Morgan fingerprint density at radius 3 is 2.41 bits per heavy atom. The van der Waals surface area contributed by atoms with Gasteiger partial charge in [-0.15, -0.1) is 0 Å². The minimum atomic E-state index is -0.159. The van der Waals surface area contributed by atoms with E-state index in [1.165, 1.54) is 0 Å². The first-order chi connectivity index (χ1) is 13.0. The molecule has 7 N–H and O–H groups in total. The molecule has 1 aliphatic carbocycles. The standard InChI is InChI=1S/C20H22N6O/c21-19(22)26-20(23)25-18-9-5-4-8-17(18)24-15-10-14(11-16(27)12-15)13-6-2-1-3-7-13/h1-9,12,14,24H,10-11H2,(H6,21,22,23,25,26). The maximum absolute atomic E-state index is 12.2. The molecule has 7 heteroatoms. The lowest BCUT2D eigenvalue weighted by atomic mass is 9.85. The molecule has 0 heterocycles. The fourth-order valence-corrected chi connectivity index (χ4v) is 3.07. The summed E-state index contributed by atoms with van der Waals surface area (Å²) in [5.74, 6) is 0.0419. The van der Waals surface area contributed by atoms with Gasteiger partial charge in [0, 0.05) is 18.2 Å². The maximum Gasteiger partial charge on any atom is 0.223 e. The zero-order valence-corrected chi connectivity index (χ0v) is 14.8. The molecule has 1 aliphatic rings. The first-order valence-corrected chi connectivity index (χ1v) is 8.59. The van der Waals surface area contributed by atoms with Gasteiger partial charge in [-0.25, -0.2) is 4.99 Å². The summed E-state index contributed by atoms with van der Waals surface area (Å²) in [4.78, 5) is 20.2. The van der Waals surface area contributed by atoms with E-state index in [1.54, 1.807) is 12.1 Å². The zero-order chi connectivity index (χ0) is 19.2. The Bertz CT molecular complexity index is 913. The Kier molecular flexibility index (Phi) is 5.51. The van der Waals surface area contributed by atoms with Crippen LogP contribution in [-0.2, 0) is 4.79 Å². The second kappa shape index (κ2) is 8.18. The summed E-state index contributed by atoms with van der Waals surface area (Å²) in [6, 6.07) is 17.4. The van der Waals surface area contributed by atoms with Crippen LogP contribution in [0.3, 0.4) is 0 Å². The summed E-state index contributed by atoms with van der Waals surface area (Å²) in [5, 5.41) is 3.30. The van der Waals surface area contributed by atoms with Crippen molar-refractivity contribution in [2.45, 2.75) is 18.8 Å². The Labute approximate surface area is 157 Å². The van der Waals surface area contributed by atoms with Gasteiger partial charge in [0.1, 0.15) is 0 Å². The quantitative estimate of drug-likeness (QED) is 0.489. The maximum atomic E-state index is 12.2. The average molecular weight is 362 g/mol. The van der Waals surface area contributed by atoms with Crippen molar-refractivity contribution in [1.82, 2.24) is 0 Å². The number of rotatable bonds is 4. The van der Waals surface area contributed by atoms with Crippen molar-refractivity contribution in [2.75, 3.05) is 5.32 Å². The van der Waals surface area contributed by atoms with Gasteiger partial charge in [-0.2, -0.15) is 4.99 Å². The first-order valence-electron chi connectivity index (χ1n) is 8.59. The number of benzene rings is 2. The fraction of sp³-hybridized carbons (Fsp3) is 0.150. The van der Waals surface area contributed by atoms with E-state index in [0.29, 0.717) is 12.1 Å². The molecule has 2 aromatic carbocycles. The first kappa shape index (κ1) is 18.2. The van der Waals surface area contributed by atoms with E-state index in [1.807, 2.05) is 36.4 Å². The molecule has 138 valence electrons. The molecule has 1 atom stereocenters. The van der Waals surface area contributed by atoms with E-state index in [-0.39, 0.29) is 23.6 Å². The molecule has 2 aromatic rings. The third-order valence-corrected chi connectivity index (χ3v) is 4.20. The van der Waals surface area contributed by atoms with E-state index in [0.717, 1.165) is 23.4 Å². The van der Waals surface area contributed by atoms with Gasteiger partial charge in [0.25, 0.3) is 0 Å². The van der Waals surface area contributed by atoms with Crippen molar-refractivity contribution in [3.63, 3.8) is 0 Å². The SMILES string of the molecule is NC(N)=NC(N)=Nc1ccccc1NC1=CC(=O)CC(c2ccccc2)C1. The van der Waals surface area contributed by atoms with Crippen LogP contribution in [0.5, 0.6) is 0 Å². The minimum absolute atomic E-state index is 0.0416. The molecule has 0 saturated carbocycles. The lowest BCUT2D eigenvalue weighted by Gasteiger charge is -2.23. The smallest absolute Gasteiger partial charge is 0.223 e. The van der Waals surface area contributed by atoms with Crippen LogP contribution in [0.4, 0.5) is 11.4 Å². The Balaban J connectivity index is 1.83. The molecule has 0 saturated heterocycles. The number of hydrogen-bond donors (Lipinski definition) is 4. The van der Waals surface area contributed by atoms with Gasteiger partial charge in [-0.1, -0.05) is 42.5 Å². The van der Waals surface area contributed by atoms with Gasteiger partial charge >= 0.3 is 0 Å². The number of carbonyl (C=O) groups is 1. The lowest BCUT2D eigenvalue weighted by Crippen LogP contribution is -2.26. The van der Waals surface area contributed by atoms with Crippen LogP contribution in [0.25, 0.3) is 0 Å². The van der Waals surface area contributed by atoms with Gasteiger partial charge < -0.3 is 22.5 Å². The molecule has 0 amide bonds. The molecule has 0 aliphatic heterocycles. The Morgan fingerprint density at radius 1 is 0.963 bits per heavy atom. The van der Waals surface area contributed by atoms with Crippen molar-refractivity contribution in [2.24, 2.45) is 27.2 Å². The highest BCUT2D eigenvalue weighted by molar-refractivity contribution is 5.95. The highest BCUT2D eigenvalue weighted by atomic mass is 16.1. The summed E-state index contributed by atoms with van der Waals surface area (Å²) in [6.45, 7) is 0. The number of nitrogens with two attached hydrogens (primary N) is 3. The molecular weight excluding hydrogens is 340 g/mol. The summed E-state index contributed by atoms with van der Waals surface area (Å²) >= 11 is 0. The third kappa shape index (κ3) is 4.94. The van der Waals surface area contributed by atoms with Crippen LogP contribution in [0.1, 0.15) is 24.3 Å². The molecule has 27 heavy (non-hydrogen) atoms. The second-order valence-electron chi connectivity index (χ2n) is 6.30. The topological polar surface area (TPSA) is 132 Å². The lowest BCUT2D eigenvalue weighted by molar-refractivity contribution is -0.115. The van der Waals surface area contributed by atoms with Gasteiger partial charge in [0.15, 0.2) is 11.7 Å². The molecule has 1 unspecified atom stereocenters. The number of nitrogens with one attached hydrogen (secondary N) is 1. The number of anilines is 1. The number of para-hydroxylation sites is 2. The van der Waals surface area contributed by atoms with Crippen LogP contribution >= 0.6 is 0 Å². The Hall–Kier alpha value is -3.61. The number of guanidine groups is 2. The van der Waals surface area contributed by atoms with E-state index in [9.17, 15) is 4.79 Å². The molecule has 0 aromatic heterocycles. The van der Waals surface area contributed by atoms with Crippen LogP contribution in [0, 0.1) is 0 Å². The summed E-state index contributed by atoms with van der Waals surface area (Å²) in [5.41, 5.74) is 19.7. The van der Waals surface area contributed by atoms with Crippen molar-refractivity contribution in [3.8, 4) is 0 Å². The zero-order valence-electron chi connectivity index (χ0n) is 14.8. The highest BCUT2D eigenvalue weighted by Gasteiger charge is 2.22. The summed E-state index contributed by atoms with van der Waals surface area (Å²) in [6.07, 6.45) is 2.89. The number of aliphatic imine (C=N–C) groups is 2. The van der Waals surface area contributed by atoms with Crippen molar-refractivity contribution < 1.29 is 4.79 Å². The molecule has 0 radical (unpaired) electrons. The number of hydrogen-bond acceptors (Lipinski definition) is 3. The molecule has 7 nitrogen and oxygen atoms in total. The number of carbonyl (C=O) groups excluding carboxylic acids is 1. The monoisotopic (exact) mass is 362 g/mol. The molecule has 3 rings (SSSR count). The number of nitrogens with zero attached hydrogens (tertiary/aromatic N) is 2. The van der Waals surface area contributed by atoms with E-state index < -0.39 is 0 Å². The average Bonchev–Trinajstić information content (AvgIpc) is 2.63. The Morgan fingerprint density at radius 2 is 1.67 bits per heavy atom. The van der Waals surface area contributed by atoms with Crippen molar-refractivity contribution in [1.29, 1.82) is 0 Å². The van der Waals surface area contributed by atoms with Gasteiger partial charge in [0.05, 0.1) is 11.4 Å². The molecule has 0 spiro atoms. The van der Waals surface area contributed by atoms with E-state index >= 15 is 0 Å². The highest BCUT2D eigenvalue weighted by Crippen LogP contribution is 2.33. The van der Waals surface area contributed by atoms with Crippen molar-refractivity contribution in [3.05, 3.63) is 71.9 Å². The van der Waals surface area contributed by atoms with Crippen LogP contribution < -0.4 is 22.5 Å². The van der Waals surface area contributed by atoms with Gasteiger partial charge in [-0.3, -0.25) is 4.79 Å². The normalized spacial score (nSPS) is 17.2. The third-order valence-electron chi connectivity index (χ3n) is 4.20. The van der Waals surface area contributed by atoms with Crippen LogP contribution in [-0.4, -0.2) is 17.7 Å². The molecule has 0 bridgehead atoms. The minimum Gasteiger partial charge on any atom is -0.370 e. The predicted octanol–water partition coefficient (Wildman–Crippen LogP) is 2.35. The molecular formula is C20H22N6O. The van der Waals surface area contributed by atoms with E-state index in [4.69, 9.17) is 17.2 Å². The predicted molar refractivity (Wildman–Crippen MR) is 109 cm³/mol. The van der Waals surface area contributed by atoms with Crippen LogP contribution in [0.2, 0.25) is 0 Å². The molecule has 0 fully saturated rings. The second-order valence-corrected chi connectivity index (χ2v) is 6.30. The number of ketones is 1.